The molecule has 0 nitrogen and oxygen atoms in total. The molecule has 0 spiro atoms. The van der Waals surface area contributed by atoms with Crippen molar-refractivity contribution in [3.8, 4) is 0 Å². The van der Waals surface area contributed by atoms with E-state index in [1.54, 1.807) is 0 Å². The first-order valence-corrected chi connectivity index (χ1v) is 4.44. The molecule has 0 saturated carbocycles. The molecule has 0 heterocycles. The molecule has 54 valence electrons. The van der Waals surface area contributed by atoms with Crippen molar-refractivity contribution in [3.05, 3.63) is 33.3 Å². The maximum atomic E-state index is 5.70. The van der Waals surface area contributed by atoms with Gasteiger partial charge in [0.2, 0.25) is 0 Å². The SMILES string of the molecule is ClCc1ccc(Cl)cc1Br. The van der Waals surface area contributed by atoms with Gasteiger partial charge in [-0.25, -0.2) is 0 Å². The fourth-order valence-electron chi connectivity index (χ4n) is 0.630. The fourth-order valence-corrected chi connectivity index (χ4v) is 1.85. The summed E-state index contributed by atoms with van der Waals surface area (Å²) in [5.41, 5.74) is 1.06. The zero-order valence-electron chi connectivity index (χ0n) is 5.07. The molecule has 1 aromatic rings. The molecule has 0 N–H and O–H groups in total. The molecule has 3 heteroatoms. The molecular formula is C7H5BrCl2. The van der Waals surface area contributed by atoms with Gasteiger partial charge in [0, 0.05) is 15.4 Å². The van der Waals surface area contributed by atoms with Gasteiger partial charge in [-0.2, -0.15) is 0 Å². The second-order valence-electron chi connectivity index (χ2n) is 1.87. The van der Waals surface area contributed by atoms with Gasteiger partial charge in [0.15, 0.2) is 0 Å². The molecule has 1 aromatic carbocycles. The van der Waals surface area contributed by atoms with Gasteiger partial charge in [-0.15, -0.1) is 11.6 Å². The Morgan fingerprint density at radius 1 is 1.40 bits per heavy atom. The first-order valence-electron chi connectivity index (χ1n) is 2.74. The molecule has 10 heavy (non-hydrogen) atoms. The summed E-state index contributed by atoms with van der Waals surface area (Å²) in [5, 5.41) is 0.723. The predicted molar refractivity (Wildman–Crippen MR) is 48.7 cm³/mol. The number of alkyl halides is 1. The van der Waals surface area contributed by atoms with Crippen LogP contribution in [0.1, 0.15) is 5.56 Å². The zero-order valence-corrected chi connectivity index (χ0v) is 8.17. The van der Waals surface area contributed by atoms with Crippen molar-refractivity contribution in [3.63, 3.8) is 0 Å². The lowest BCUT2D eigenvalue weighted by Gasteiger charge is -1.98. The molecular weight excluding hydrogens is 235 g/mol. The first-order chi connectivity index (χ1) is 4.74. The van der Waals surface area contributed by atoms with Gasteiger partial charge < -0.3 is 0 Å². The van der Waals surface area contributed by atoms with Crippen LogP contribution < -0.4 is 0 Å². The van der Waals surface area contributed by atoms with Crippen LogP contribution in [0.3, 0.4) is 0 Å². The second kappa shape index (κ2) is 3.61. The molecule has 0 bridgehead atoms. The van der Waals surface area contributed by atoms with Crippen LogP contribution >= 0.6 is 39.1 Å². The third-order valence-electron chi connectivity index (χ3n) is 1.16. The van der Waals surface area contributed by atoms with Crippen molar-refractivity contribution < 1.29 is 0 Å². The highest BCUT2D eigenvalue weighted by atomic mass is 79.9. The highest BCUT2D eigenvalue weighted by molar-refractivity contribution is 9.10. The molecule has 0 atom stereocenters. The topological polar surface area (TPSA) is 0 Å². The van der Waals surface area contributed by atoms with E-state index in [-0.39, 0.29) is 0 Å². The summed E-state index contributed by atoms with van der Waals surface area (Å²) in [5.74, 6) is 0.512. The van der Waals surface area contributed by atoms with Crippen LogP contribution in [0.15, 0.2) is 22.7 Å². The minimum atomic E-state index is 0.512. The number of hydrogen-bond donors (Lipinski definition) is 0. The Morgan fingerprint density at radius 2 is 2.10 bits per heavy atom. The van der Waals surface area contributed by atoms with E-state index in [1.165, 1.54) is 0 Å². The average molecular weight is 240 g/mol. The van der Waals surface area contributed by atoms with Gasteiger partial charge in [0.05, 0.1) is 0 Å². The molecule has 0 saturated heterocycles. The molecule has 0 radical (unpaired) electrons. The summed E-state index contributed by atoms with van der Waals surface area (Å²) in [6.45, 7) is 0. The molecule has 1 rings (SSSR count). The minimum Gasteiger partial charge on any atom is -0.122 e. The van der Waals surface area contributed by atoms with Crippen molar-refractivity contribution in [1.29, 1.82) is 0 Å². The monoisotopic (exact) mass is 238 g/mol. The second-order valence-corrected chi connectivity index (χ2v) is 3.43. The van der Waals surface area contributed by atoms with Crippen molar-refractivity contribution in [2.75, 3.05) is 0 Å². The van der Waals surface area contributed by atoms with Crippen LogP contribution in [0.2, 0.25) is 5.02 Å². The lowest BCUT2D eigenvalue weighted by Crippen LogP contribution is -1.78. The summed E-state index contributed by atoms with van der Waals surface area (Å²) < 4.78 is 0.968. The highest BCUT2D eigenvalue weighted by Crippen LogP contribution is 2.22. The molecule has 0 aliphatic carbocycles. The van der Waals surface area contributed by atoms with Gasteiger partial charge in [0.1, 0.15) is 0 Å². The molecule has 0 aliphatic rings. The maximum Gasteiger partial charge on any atom is 0.0485 e. The number of hydrogen-bond acceptors (Lipinski definition) is 0. The van der Waals surface area contributed by atoms with Crippen LogP contribution in [0.25, 0.3) is 0 Å². The Bertz CT molecular complexity index is 235. The van der Waals surface area contributed by atoms with Crippen LogP contribution in [-0.4, -0.2) is 0 Å². The van der Waals surface area contributed by atoms with E-state index in [4.69, 9.17) is 23.2 Å². The Kier molecular flexibility index (Phi) is 3.02. The van der Waals surface area contributed by atoms with E-state index in [0.29, 0.717) is 5.88 Å². The third-order valence-corrected chi connectivity index (χ3v) is 2.42. The van der Waals surface area contributed by atoms with E-state index in [1.807, 2.05) is 18.2 Å². The van der Waals surface area contributed by atoms with Gasteiger partial charge in [-0.05, 0) is 17.7 Å². The zero-order chi connectivity index (χ0) is 7.56. The minimum absolute atomic E-state index is 0.512. The van der Waals surface area contributed by atoms with Crippen molar-refractivity contribution >= 4 is 39.1 Å². The molecule has 0 aliphatic heterocycles. The number of halogens is 3. The van der Waals surface area contributed by atoms with Crippen molar-refractivity contribution in [1.82, 2.24) is 0 Å². The molecule has 0 aromatic heterocycles. The lowest BCUT2D eigenvalue weighted by atomic mass is 10.2. The van der Waals surface area contributed by atoms with E-state index < -0.39 is 0 Å². The van der Waals surface area contributed by atoms with Gasteiger partial charge in [-0.3, -0.25) is 0 Å². The van der Waals surface area contributed by atoms with Crippen LogP contribution in [0.5, 0.6) is 0 Å². The molecule has 0 amide bonds. The van der Waals surface area contributed by atoms with E-state index in [0.717, 1.165) is 15.1 Å². The predicted octanol–water partition coefficient (Wildman–Crippen LogP) is 3.84. The summed E-state index contributed by atoms with van der Waals surface area (Å²) >= 11 is 14.7. The van der Waals surface area contributed by atoms with Crippen LogP contribution in [0.4, 0.5) is 0 Å². The van der Waals surface area contributed by atoms with Crippen LogP contribution in [0, 0.1) is 0 Å². The van der Waals surface area contributed by atoms with E-state index in [2.05, 4.69) is 15.9 Å². The third kappa shape index (κ3) is 1.88. The Balaban J connectivity index is 3.07. The van der Waals surface area contributed by atoms with Crippen LogP contribution in [-0.2, 0) is 5.88 Å². The fraction of sp³-hybridized carbons (Fsp3) is 0.143. The van der Waals surface area contributed by atoms with Gasteiger partial charge >= 0.3 is 0 Å². The Hall–Kier alpha value is 0.280. The summed E-state index contributed by atoms with van der Waals surface area (Å²) in [7, 11) is 0. The normalized spacial score (nSPS) is 9.90. The largest absolute Gasteiger partial charge is 0.122 e. The highest BCUT2D eigenvalue weighted by Gasteiger charge is 1.97. The summed E-state index contributed by atoms with van der Waals surface area (Å²) in [4.78, 5) is 0. The number of rotatable bonds is 1. The maximum absolute atomic E-state index is 5.70. The van der Waals surface area contributed by atoms with Crippen molar-refractivity contribution in [2.45, 2.75) is 5.88 Å². The first kappa shape index (κ1) is 8.38. The average Bonchev–Trinajstić information content (AvgIpc) is 1.88. The van der Waals surface area contributed by atoms with E-state index in [9.17, 15) is 0 Å². The van der Waals surface area contributed by atoms with Gasteiger partial charge in [-0.1, -0.05) is 33.6 Å². The quantitative estimate of drug-likeness (QED) is 0.654. The summed E-state index contributed by atoms with van der Waals surface area (Å²) in [6, 6.07) is 5.56. The van der Waals surface area contributed by atoms with Crippen molar-refractivity contribution in [2.24, 2.45) is 0 Å². The smallest absolute Gasteiger partial charge is 0.0485 e. The number of benzene rings is 1. The molecule has 0 unspecified atom stereocenters. The summed E-state index contributed by atoms with van der Waals surface area (Å²) in [6.07, 6.45) is 0. The Labute approximate surface area is 78.3 Å². The standard InChI is InChI=1S/C7H5BrCl2/c8-7-3-6(10)2-1-5(7)4-9/h1-3H,4H2. The van der Waals surface area contributed by atoms with E-state index >= 15 is 0 Å². The Morgan fingerprint density at radius 3 is 2.60 bits per heavy atom. The molecule has 0 fully saturated rings. The lowest BCUT2D eigenvalue weighted by molar-refractivity contribution is 1.37. The van der Waals surface area contributed by atoms with Gasteiger partial charge in [0.25, 0.3) is 0 Å².